The second kappa shape index (κ2) is 4.13. The third-order valence-electron chi connectivity index (χ3n) is 3.71. The summed E-state index contributed by atoms with van der Waals surface area (Å²) in [7, 11) is 0. The number of benzene rings is 2. The quantitative estimate of drug-likeness (QED) is 0.566. The van der Waals surface area contributed by atoms with Crippen LogP contribution in [0.2, 0.25) is 0 Å². The zero-order valence-electron chi connectivity index (χ0n) is 10.6. The highest BCUT2D eigenvalue weighted by atomic mass is 16.3. The van der Waals surface area contributed by atoms with Crippen molar-refractivity contribution in [3.05, 3.63) is 66.3 Å². The number of furan rings is 1. The summed E-state index contributed by atoms with van der Waals surface area (Å²) in [6.07, 6.45) is 9.06. The van der Waals surface area contributed by atoms with Crippen molar-refractivity contribution in [1.82, 2.24) is 0 Å². The maximum atomic E-state index is 5.86. The topological polar surface area (TPSA) is 13.1 Å². The first-order valence-electron chi connectivity index (χ1n) is 6.70. The van der Waals surface area contributed by atoms with Gasteiger partial charge in [-0.1, -0.05) is 42.5 Å². The molecule has 19 heavy (non-hydrogen) atoms. The molecule has 0 fully saturated rings. The van der Waals surface area contributed by atoms with E-state index in [9.17, 15) is 0 Å². The lowest BCUT2D eigenvalue weighted by Gasteiger charge is -2.06. The fourth-order valence-electron chi connectivity index (χ4n) is 2.73. The molecule has 0 saturated carbocycles. The molecule has 1 aromatic heterocycles. The molecule has 0 unspecified atom stereocenters. The van der Waals surface area contributed by atoms with Crippen molar-refractivity contribution < 1.29 is 4.42 Å². The summed E-state index contributed by atoms with van der Waals surface area (Å²) in [4.78, 5) is 0. The van der Waals surface area contributed by atoms with Crippen LogP contribution in [-0.2, 0) is 0 Å². The Morgan fingerprint density at radius 1 is 0.842 bits per heavy atom. The summed E-state index contributed by atoms with van der Waals surface area (Å²) >= 11 is 0. The molecule has 92 valence electrons. The molecule has 0 amide bonds. The van der Waals surface area contributed by atoms with Crippen LogP contribution in [-0.4, -0.2) is 0 Å². The van der Waals surface area contributed by atoms with Gasteiger partial charge in [-0.05, 0) is 42.2 Å². The normalized spacial score (nSPS) is 15.1. The Morgan fingerprint density at radius 2 is 1.74 bits per heavy atom. The molecule has 1 aliphatic carbocycles. The minimum Gasteiger partial charge on any atom is -0.456 e. The first kappa shape index (κ1) is 10.6. The van der Waals surface area contributed by atoms with Crippen molar-refractivity contribution >= 4 is 27.5 Å². The van der Waals surface area contributed by atoms with Crippen LogP contribution in [0.3, 0.4) is 0 Å². The fourth-order valence-corrected chi connectivity index (χ4v) is 2.73. The molecule has 3 aromatic rings. The number of rotatable bonds is 1. The first-order valence-corrected chi connectivity index (χ1v) is 6.70. The molecule has 2 aromatic carbocycles. The molecular formula is C18H14O. The lowest BCUT2D eigenvalue weighted by Crippen LogP contribution is -1.85. The van der Waals surface area contributed by atoms with Crippen molar-refractivity contribution in [2.24, 2.45) is 0 Å². The second-order valence-corrected chi connectivity index (χ2v) is 4.95. The van der Waals surface area contributed by atoms with Gasteiger partial charge in [-0.25, -0.2) is 0 Å². The standard InChI is InChI=1S/C18H14O/c1-2-6-13(7-3-1)14-10-11-18-16(12-14)15-8-4-5-9-17(15)19-18/h2,4-12H,1,3H2. The van der Waals surface area contributed by atoms with Crippen LogP contribution in [0.5, 0.6) is 0 Å². The van der Waals surface area contributed by atoms with Gasteiger partial charge >= 0.3 is 0 Å². The van der Waals surface area contributed by atoms with Gasteiger partial charge in [-0.15, -0.1) is 0 Å². The van der Waals surface area contributed by atoms with Gasteiger partial charge < -0.3 is 4.42 Å². The van der Waals surface area contributed by atoms with E-state index < -0.39 is 0 Å². The van der Waals surface area contributed by atoms with E-state index in [4.69, 9.17) is 4.42 Å². The fraction of sp³-hybridized carbons (Fsp3) is 0.111. The van der Waals surface area contributed by atoms with Gasteiger partial charge in [-0.2, -0.15) is 0 Å². The van der Waals surface area contributed by atoms with Crippen LogP contribution in [0.1, 0.15) is 18.4 Å². The highest BCUT2D eigenvalue weighted by Crippen LogP contribution is 2.31. The summed E-state index contributed by atoms with van der Waals surface area (Å²) in [6.45, 7) is 0. The number of fused-ring (bicyclic) bond motifs is 3. The minimum atomic E-state index is 0.961. The van der Waals surface area contributed by atoms with Gasteiger partial charge in [0.25, 0.3) is 0 Å². The maximum Gasteiger partial charge on any atom is 0.135 e. The Kier molecular flexibility index (Phi) is 2.31. The van der Waals surface area contributed by atoms with Gasteiger partial charge in [-0.3, -0.25) is 0 Å². The zero-order valence-corrected chi connectivity index (χ0v) is 10.6. The highest BCUT2D eigenvalue weighted by Gasteiger charge is 2.08. The van der Waals surface area contributed by atoms with Crippen molar-refractivity contribution in [3.63, 3.8) is 0 Å². The van der Waals surface area contributed by atoms with Crippen LogP contribution >= 0.6 is 0 Å². The summed E-state index contributed by atoms with van der Waals surface area (Å²) in [5.41, 5.74) is 4.52. The predicted molar refractivity (Wildman–Crippen MR) is 80.1 cm³/mol. The van der Waals surface area contributed by atoms with E-state index in [1.807, 2.05) is 12.1 Å². The monoisotopic (exact) mass is 246 g/mol. The molecule has 1 aliphatic rings. The molecular weight excluding hydrogens is 232 g/mol. The average molecular weight is 246 g/mol. The first-order chi connectivity index (χ1) is 9.42. The molecule has 1 heterocycles. The van der Waals surface area contributed by atoms with Crippen LogP contribution in [0.15, 0.2) is 65.1 Å². The smallest absolute Gasteiger partial charge is 0.135 e. The Bertz CT molecular complexity index is 818. The van der Waals surface area contributed by atoms with Gasteiger partial charge in [0.2, 0.25) is 0 Å². The zero-order chi connectivity index (χ0) is 12.7. The number of hydrogen-bond acceptors (Lipinski definition) is 1. The van der Waals surface area contributed by atoms with Crippen LogP contribution < -0.4 is 0 Å². The number of para-hydroxylation sites is 1. The molecule has 1 nitrogen and oxygen atoms in total. The van der Waals surface area contributed by atoms with Gasteiger partial charge in [0, 0.05) is 10.8 Å². The minimum absolute atomic E-state index is 0.961. The molecule has 0 spiro atoms. The molecule has 0 atom stereocenters. The third kappa shape index (κ3) is 1.70. The third-order valence-corrected chi connectivity index (χ3v) is 3.71. The van der Waals surface area contributed by atoms with E-state index in [0.29, 0.717) is 0 Å². The van der Waals surface area contributed by atoms with E-state index in [1.165, 1.54) is 21.9 Å². The number of hydrogen-bond donors (Lipinski definition) is 0. The Labute approximate surface area is 111 Å². The summed E-state index contributed by atoms with van der Waals surface area (Å²) in [5, 5.41) is 2.40. The van der Waals surface area contributed by atoms with E-state index >= 15 is 0 Å². The Balaban J connectivity index is 1.97. The van der Waals surface area contributed by atoms with Crippen molar-refractivity contribution in [1.29, 1.82) is 0 Å². The second-order valence-electron chi connectivity index (χ2n) is 4.95. The van der Waals surface area contributed by atoms with Gasteiger partial charge in [0.1, 0.15) is 11.2 Å². The molecule has 4 rings (SSSR count). The van der Waals surface area contributed by atoms with E-state index in [-0.39, 0.29) is 0 Å². The van der Waals surface area contributed by atoms with Crippen molar-refractivity contribution in [2.75, 3.05) is 0 Å². The van der Waals surface area contributed by atoms with Crippen LogP contribution in [0.25, 0.3) is 27.5 Å². The van der Waals surface area contributed by atoms with Crippen LogP contribution in [0, 0.1) is 0 Å². The number of allylic oxidation sites excluding steroid dienone is 4. The maximum absolute atomic E-state index is 5.86. The van der Waals surface area contributed by atoms with Crippen LogP contribution in [0.4, 0.5) is 0 Å². The van der Waals surface area contributed by atoms with E-state index in [1.54, 1.807) is 0 Å². The molecule has 0 N–H and O–H groups in total. The molecule has 1 heteroatoms. The largest absolute Gasteiger partial charge is 0.456 e. The molecule has 0 aliphatic heterocycles. The highest BCUT2D eigenvalue weighted by molar-refractivity contribution is 6.06. The average Bonchev–Trinajstić information content (AvgIpc) is 2.86. The van der Waals surface area contributed by atoms with Gasteiger partial charge in [0.15, 0.2) is 0 Å². The lowest BCUT2D eigenvalue weighted by molar-refractivity contribution is 0.669. The Morgan fingerprint density at radius 3 is 2.63 bits per heavy atom. The van der Waals surface area contributed by atoms with Crippen molar-refractivity contribution in [2.45, 2.75) is 12.8 Å². The summed E-state index contributed by atoms with van der Waals surface area (Å²) < 4.78 is 5.86. The van der Waals surface area contributed by atoms with Crippen molar-refractivity contribution in [3.8, 4) is 0 Å². The van der Waals surface area contributed by atoms with Gasteiger partial charge in [0.05, 0.1) is 0 Å². The SMILES string of the molecule is C1=CC(c2ccc3oc4ccccc4c3c2)=CCC1. The predicted octanol–water partition coefficient (Wildman–Crippen LogP) is 5.32. The van der Waals surface area contributed by atoms with E-state index in [2.05, 4.69) is 48.6 Å². The summed E-state index contributed by atoms with van der Waals surface area (Å²) in [6, 6.07) is 14.7. The molecule has 0 saturated heterocycles. The Hall–Kier alpha value is -2.28. The molecule has 0 bridgehead atoms. The molecule has 0 radical (unpaired) electrons. The van der Waals surface area contributed by atoms with E-state index in [0.717, 1.165) is 24.0 Å². The lowest BCUT2D eigenvalue weighted by atomic mass is 9.98. The summed E-state index contributed by atoms with van der Waals surface area (Å²) in [5.74, 6) is 0.